The van der Waals surface area contributed by atoms with Crippen molar-refractivity contribution in [3.63, 3.8) is 0 Å². The molecule has 0 saturated heterocycles. The van der Waals surface area contributed by atoms with Crippen molar-refractivity contribution in [2.75, 3.05) is 0 Å². The Hall–Kier alpha value is -2.50. The fourth-order valence-corrected chi connectivity index (χ4v) is 1.60. The number of ether oxygens (including phenoxy) is 2. The molecular formula is C15H11F3O3. The second kappa shape index (κ2) is 5.87. The molecule has 0 saturated carbocycles. The van der Waals surface area contributed by atoms with Gasteiger partial charge in [0, 0.05) is 5.56 Å². The van der Waals surface area contributed by atoms with Crippen LogP contribution in [0.25, 0.3) is 0 Å². The Morgan fingerprint density at radius 1 is 0.857 bits per heavy atom. The molecule has 0 fully saturated rings. The first-order valence-electron chi connectivity index (χ1n) is 5.98. The molecule has 0 aromatic heterocycles. The first-order valence-corrected chi connectivity index (χ1v) is 5.98. The van der Waals surface area contributed by atoms with Gasteiger partial charge < -0.3 is 9.47 Å². The Labute approximate surface area is 118 Å². The molecule has 0 atom stereocenters. The molecule has 0 amide bonds. The summed E-state index contributed by atoms with van der Waals surface area (Å²) in [5, 5.41) is 0. The van der Waals surface area contributed by atoms with Gasteiger partial charge >= 0.3 is 6.36 Å². The number of Topliss-reactive ketones (excluding diaryl/α,β-unsaturated/α-hetero) is 1. The van der Waals surface area contributed by atoms with Gasteiger partial charge in [0.2, 0.25) is 0 Å². The first kappa shape index (κ1) is 14.9. The fraction of sp³-hybridized carbons (Fsp3) is 0.133. The van der Waals surface area contributed by atoms with Crippen LogP contribution in [0.3, 0.4) is 0 Å². The largest absolute Gasteiger partial charge is 0.573 e. The fourth-order valence-electron chi connectivity index (χ4n) is 1.60. The highest BCUT2D eigenvalue weighted by molar-refractivity contribution is 5.94. The molecule has 0 radical (unpaired) electrons. The molecule has 2 aromatic rings. The Kier molecular flexibility index (Phi) is 4.16. The molecule has 110 valence electrons. The van der Waals surface area contributed by atoms with Gasteiger partial charge in [0.25, 0.3) is 0 Å². The SMILES string of the molecule is CC(=O)c1ccc(Oc2ccc(OC(F)(F)F)cc2)cc1. The molecule has 0 aliphatic heterocycles. The standard InChI is InChI=1S/C15H11F3O3/c1-10(19)11-2-4-12(5-3-11)20-13-6-8-14(9-7-13)21-15(16,17)18/h2-9H,1H3. The maximum atomic E-state index is 12.0. The number of ketones is 1. The number of carbonyl (C=O) groups excluding carboxylic acids is 1. The quantitative estimate of drug-likeness (QED) is 0.775. The zero-order valence-electron chi connectivity index (χ0n) is 11.0. The van der Waals surface area contributed by atoms with Gasteiger partial charge in [0.05, 0.1) is 0 Å². The minimum absolute atomic E-state index is 0.0600. The van der Waals surface area contributed by atoms with Crippen LogP contribution in [-0.2, 0) is 0 Å². The third kappa shape index (κ3) is 4.52. The van der Waals surface area contributed by atoms with Crippen LogP contribution in [0, 0.1) is 0 Å². The number of alkyl halides is 3. The second-order valence-electron chi connectivity index (χ2n) is 4.20. The summed E-state index contributed by atoms with van der Waals surface area (Å²) in [6.45, 7) is 1.45. The van der Waals surface area contributed by atoms with E-state index in [4.69, 9.17) is 4.74 Å². The second-order valence-corrected chi connectivity index (χ2v) is 4.20. The number of halogens is 3. The summed E-state index contributed by atoms with van der Waals surface area (Å²) in [5.74, 6) is 0.460. The van der Waals surface area contributed by atoms with Gasteiger partial charge in [0.15, 0.2) is 5.78 Å². The lowest BCUT2D eigenvalue weighted by Crippen LogP contribution is -2.16. The molecule has 0 heterocycles. The zero-order valence-corrected chi connectivity index (χ0v) is 11.0. The van der Waals surface area contributed by atoms with Crippen molar-refractivity contribution >= 4 is 5.78 Å². The highest BCUT2D eigenvalue weighted by atomic mass is 19.4. The molecule has 0 bridgehead atoms. The van der Waals surface area contributed by atoms with E-state index >= 15 is 0 Å². The molecule has 2 rings (SSSR count). The molecule has 0 aliphatic carbocycles. The van der Waals surface area contributed by atoms with Crippen LogP contribution >= 0.6 is 0 Å². The zero-order chi connectivity index (χ0) is 15.5. The Bertz CT molecular complexity index is 616. The van der Waals surface area contributed by atoms with Gasteiger partial charge in [-0.25, -0.2) is 0 Å². The van der Waals surface area contributed by atoms with Crippen molar-refractivity contribution in [1.29, 1.82) is 0 Å². The number of benzene rings is 2. The normalized spacial score (nSPS) is 11.0. The maximum absolute atomic E-state index is 12.0. The topological polar surface area (TPSA) is 35.5 Å². The number of hydrogen-bond acceptors (Lipinski definition) is 3. The van der Waals surface area contributed by atoms with Gasteiger partial charge in [0.1, 0.15) is 17.2 Å². The van der Waals surface area contributed by atoms with Gasteiger partial charge in [-0.05, 0) is 55.5 Å². The summed E-state index contributed by atoms with van der Waals surface area (Å²) in [4.78, 5) is 11.1. The Morgan fingerprint density at radius 2 is 1.29 bits per heavy atom. The third-order valence-corrected chi connectivity index (χ3v) is 2.55. The minimum Gasteiger partial charge on any atom is -0.457 e. The summed E-state index contributed by atoms with van der Waals surface area (Å²) in [5.41, 5.74) is 0.552. The van der Waals surface area contributed by atoms with Crippen LogP contribution in [-0.4, -0.2) is 12.1 Å². The lowest BCUT2D eigenvalue weighted by atomic mass is 10.1. The lowest BCUT2D eigenvalue weighted by Gasteiger charge is -2.10. The predicted molar refractivity (Wildman–Crippen MR) is 69.6 cm³/mol. The maximum Gasteiger partial charge on any atom is 0.573 e. The van der Waals surface area contributed by atoms with Crippen molar-refractivity contribution in [1.82, 2.24) is 0 Å². The van der Waals surface area contributed by atoms with Crippen LogP contribution in [0.4, 0.5) is 13.2 Å². The molecule has 21 heavy (non-hydrogen) atoms. The first-order chi connectivity index (χ1) is 9.83. The van der Waals surface area contributed by atoms with E-state index in [9.17, 15) is 18.0 Å². The molecule has 0 unspecified atom stereocenters. The molecule has 0 N–H and O–H groups in total. The summed E-state index contributed by atoms with van der Waals surface area (Å²) >= 11 is 0. The van der Waals surface area contributed by atoms with Crippen molar-refractivity contribution in [2.24, 2.45) is 0 Å². The summed E-state index contributed by atoms with van der Waals surface area (Å²) in [6.07, 6.45) is -4.72. The van der Waals surface area contributed by atoms with Gasteiger partial charge in [-0.3, -0.25) is 4.79 Å². The highest BCUT2D eigenvalue weighted by Gasteiger charge is 2.30. The van der Waals surface area contributed by atoms with E-state index in [-0.39, 0.29) is 11.5 Å². The molecular weight excluding hydrogens is 285 g/mol. The number of rotatable bonds is 4. The van der Waals surface area contributed by atoms with E-state index in [0.717, 1.165) is 12.1 Å². The molecule has 2 aromatic carbocycles. The van der Waals surface area contributed by atoms with Crippen LogP contribution in [0.5, 0.6) is 17.2 Å². The highest BCUT2D eigenvalue weighted by Crippen LogP contribution is 2.27. The minimum atomic E-state index is -4.72. The summed E-state index contributed by atoms with van der Waals surface area (Å²) in [7, 11) is 0. The molecule has 0 aliphatic rings. The van der Waals surface area contributed by atoms with E-state index < -0.39 is 6.36 Å². The Morgan fingerprint density at radius 3 is 1.71 bits per heavy atom. The van der Waals surface area contributed by atoms with E-state index in [1.54, 1.807) is 24.3 Å². The van der Waals surface area contributed by atoms with E-state index in [2.05, 4.69) is 4.74 Å². The number of carbonyl (C=O) groups is 1. The summed E-state index contributed by atoms with van der Waals surface area (Å²) in [6, 6.07) is 11.5. The number of hydrogen-bond donors (Lipinski definition) is 0. The predicted octanol–water partition coefficient (Wildman–Crippen LogP) is 4.58. The van der Waals surface area contributed by atoms with Crippen molar-refractivity contribution in [3.8, 4) is 17.2 Å². The van der Waals surface area contributed by atoms with Crippen LogP contribution < -0.4 is 9.47 Å². The van der Waals surface area contributed by atoms with Crippen molar-refractivity contribution < 1.29 is 27.4 Å². The van der Waals surface area contributed by atoms with E-state index in [1.165, 1.54) is 19.1 Å². The van der Waals surface area contributed by atoms with Gasteiger partial charge in [-0.2, -0.15) is 0 Å². The lowest BCUT2D eigenvalue weighted by molar-refractivity contribution is -0.274. The Balaban J connectivity index is 2.04. The van der Waals surface area contributed by atoms with Gasteiger partial charge in [-0.15, -0.1) is 13.2 Å². The van der Waals surface area contributed by atoms with Crippen LogP contribution in [0.2, 0.25) is 0 Å². The average molecular weight is 296 g/mol. The monoisotopic (exact) mass is 296 g/mol. The van der Waals surface area contributed by atoms with E-state index in [0.29, 0.717) is 17.1 Å². The van der Waals surface area contributed by atoms with Crippen molar-refractivity contribution in [2.45, 2.75) is 13.3 Å². The third-order valence-electron chi connectivity index (χ3n) is 2.55. The van der Waals surface area contributed by atoms with Crippen LogP contribution in [0.15, 0.2) is 48.5 Å². The van der Waals surface area contributed by atoms with Gasteiger partial charge in [-0.1, -0.05) is 0 Å². The van der Waals surface area contributed by atoms with Crippen molar-refractivity contribution in [3.05, 3.63) is 54.1 Å². The molecule has 3 nitrogen and oxygen atoms in total. The summed E-state index contributed by atoms with van der Waals surface area (Å²) < 4.78 is 45.2. The van der Waals surface area contributed by atoms with E-state index in [1.807, 2.05) is 0 Å². The van der Waals surface area contributed by atoms with Crippen LogP contribution in [0.1, 0.15) is 17.3 Å². The smallest absolute Gasteiger partial charge is 0.457 e. The average Bonchev–Trinajstić information content (AvgIpc) is 2.40. The molecule has 0 spiro atoms. The molecule has 6 heteroatoms.